The van der Waals surface area contributed by atoms with Gasteiger partial charge in [-0.3, -0.25) is 0 Å². The van der Waals surface area contributed by atoms with Crippen LogP contribution in [0.15, 0.2) is 53.1 Å². The normalized spacial score (nSPS) is 10.8. The molecule has 0 amide bonds. The number of para-hydroxylation sites is 1. The molecule has 0 saturated carbocycles. The van der Waals surface area contributed by atoms with Crippen molar-refractivity contribution in [1.82, 2.24) is 9.78 Å². The first-order valence-corrected chi connectivity index (χ1v) is 7.22. The van der Waals surface area contributed by atoms with Crippen LogP contribution < -0.4 is 5.73 Å². The molecule has 0 aliphatic carbocycles. The van der Waals surface area contributed by atoms with Crippen LogP contribution in [0, 0.1) is 12.7 Å². The Hall–Kier alpha value is -2.14. The van der Waals surface area contributed by atoms with Crippen molar-refractivity contribution in [2.24, 2.45) is 0 Å². The van der Waals surface area contributed by atoms with Crippen LogP contribution in [0.4, 0.5) is 10.1 Å². The minimum absolute atomic E-state index is 0.347. The van der Waals surface area contributed by atoms with Gasteiger partial charge in [0.05, 0.1) is 17.6 Å². The van der Waals surface area contributed by atoms with E-state index in [4.69, 9.17) is 5.73 Å². The quantitative estimate of drug-likeness (QED) is 0.751. The Morgan fingerprint density at radius 1 is 1.19 bits per heavy atom. The number of hydrogen-bond donors (Lipinski definition) is 1. The Bertz CT molecular complexity index is 811. The van der Waals surface area contributed by atoms with Gasteiger partial charge in [0.1, 0.15) is 11.5 Å². The van der Waals surface area contributed by atoms with Crippen LogP contribution in [0.3, 0.4) is 0 Å². The number of rotatable bonds is 2. The lowest BCUT2D eigenvalue weighted by Gasteiger charge is -2.05. The maximum Gasteiger partial charge on any atom is 0.132 e. The summed E-state index contributed by atoms with van der Waals surface area (Å²) in [5, 5.41) is 4.44. The van der Waals surface area contributed by atoms with E-state index in [1.807, 2.05) is 31.2 Å². The average molecular weight is 346 g/mol. The lowest BCUT2D eigenvalue weighted by molar-refractivity contribution is 0.630. The number of aryl methyl sites for hydroxylation is 1. The van der Waals surface area contributed by atoms with Gasteiger partial charge in [-0.1, -0.05) is 34.1 Å². The maximum absolute atomic E-state index is 14.0. The molecule has 0 unspecified atom stereocenters. The molecule has 2 N–H and O–H groups in total. The summed E-state index contributed by atoms with van der Waals surface area (Å²) >= 11 is 3.34. The summed E-state index contributed by atoms with van der Waals surface area (Å²) in [5.41, 5.74) is 9.27. The number of aromatic nitrogens is 2. The molecule has 21 heavy (non-hydrogen) atoms. The highest BCUT2D eigenvalue weighted by atomic mass is 79.9. The average Bonchev–Trinajstić information content (AvgIpc) is 2.84. The number of benzene rings is 2. The molecule has 0 saturated heterocycles. The highest BCUT2D eigenvalue weighted by Gasteiger charge is 2.14. The Morgan fingerprint density at radius 2 is 1.95 bits per heavy atom. The van der Waals surface area contributed by atoms with Crippen LogP contribution in [0.1, 0.15) is 5.56 Å². The molecule has 1 aromatic heterocycles. The Labute approximate surface area is 130 Å². The molecule has 0 aliphatic heterocycles. The molecule has 3 aromatic rings. The molecule has 0 spiro atoms. The first-order valence-electron chi connectivity index (χ1n) is 6.43. The second kappa shape index (κ2) is 5.33. The van der Waals surface area contributed by atoms with E-state index in [0.717, 1.165) is 15.7 Å². The lowest BCUT2D eigenvalue weighted by Crippen LogP contribution is -1.97. The largest absolute Gasteiger partial charge is 0.396 e. The van der Waals surface area contributed by atoms with E-state index in [0.29, 0.717) is 16.9 Å². The number of nitrogens with zero attached hydrogens (tertiary/aromatic N) is 2. The van der Waals surface area contributed by atoms with Gasteiger partial charge in [-0.2, -0.15) is 5.10 Å². The molecule has 5 heteroatoms. The summed E-state index contributed by atoms with van der Waals surface area (Å²) in [7, 11) is 0. The molecule has 3 rings (SSSR count). The highest BCUT2D eigenvalue weighted by Crippen LogP contribution is 2.30. The second-order valence-corrected chi connectivity index (χ2v) is 5.70. The Kier molecular flexibility index (Phi) is 3.51. The topological polar surface area (TPSA) is 43.8 Å². The second-order valence-electron chi connectivity index (χ2n) is 4.79. The lowest BCUT2D eigenvalue weighted by atomic mass is 10.1. The summed E-state index contributed by atoms with van der Waals surface area (Å²) in [4.78, 5) is 0. The fraction of sp³-hybridized carbons (Fsp3) is 0.0625. The smallest absolute Gasteiger partial charge is 0.132 e. The SMILES string of the molecule is Cc1ccccc1-n1cc(N)c(-c2cc(Br)ccc2F)n1. The van der Waals surface area contributed by atoms with Crippen LogP contribution in [-0.4, -0.2) is 9.78 Å². The summed E-state index contributed by atoms with van der Waals surface area (Å²) in [6.45, 7) is 1.99. The van der Waals surface area contributed by atoms with E-state index in [2.05, 4.69) is 21.0 Å². The molecule has 106 valence electrons. The zero-order valence-corrected chi connectivity index (χ0v) is 12.9. The highest BCUT2D eigenvalue weighted by molar-refractivity contribution is 9.10. The van der Waals surface area contributed by atoms with Gasteiger partial charge < -0.3 is 5.73 Å². The summed E-state index contributed by atoms with van der Waals surface area (Å²) in [6.07, 6.45) is 1.71. The van der Waals surface area contributed by atoms with Gasteiger partial charge in [0, 0.05) is 10.0 Å². The molecular formula is C16H13BrFN3. The molecule has 0 aliphatic rings. The van der Waals surface area contributed by atoms with Gasteiger partial charge in [-0.05, 0) is 36.8 Å². The summed E-state index contributed by atoms with van der Waals surface area (Å²) < 4.78 is 16.5. The Balaban J connectivity index is 2.15. The van der Waals surface area contributed by atoms with E-state index >= 15 is 0 Å². The zero-order chi connectivity index (χ0) is 15.0. The van der Waals surface area contributed by atoms with E-state index in [9.17, 15) is 4.39 Å². The molecule has 0 bridgehead atoms. The fourth-order valence-corrected chi connectivity index (χ4v) is 2.58. The summed E-state index contributed by atoms with van der Waals surface area (Å²) in [5.74, 6) is -0.347. The van der Waals surface area contributed by atoms with Crippen molar-refractivity contribution in [2.45, 2.75) is 6.92 Å². The van der Waals surface area contributed by atoms with Crippen molar-refractivity contribution < 1.29 is 4.39 Å². The predicted octanol–water partition coefficient (Wildman–Crippen LogP) is 4.33. The molecule has 2 aromatic carbocycles. The molecule has 0 fully saturated rings. The molecule has 3 nitrogen and oxygen atoms in total. The van der Waals surface area contributed by atoms with Gasteiger partial charge in [-0.25, -0.2) is 9.07 Å². The minimum Gasteiger partial charge on any atom is -0.396 e. The maximum atomic E-state index is 14.0. The van der Waals surface area contributed by atoms with Crippen LogP contribution in [0.2, 0.25) is 0 Å². The fourth-order valence-electron chi connectivity index (χ4n) is 2.22. The monoisotopic (exact) mass is 345 g/mol. The van der Waals surface area contributed by atoms with Gasteiger partial charge in [0.15, 0.2) is 0 Å². The van der Waals surface area contributed by atoms with Crippen molar-refractivity contribution in [1.29, 1.82) is 0 Å². The van der Waals surface area contributed by atoms with Crippen LogP contribution in [0.5, 0.6) is 0 Å². The van der Waals surface area contributed by atoms with Crippen LogP contribution in [0.25, 0.3) is 16.9 Å². The van der Waals surface area contributed by atoms with E-state index < -0.39 is 0 Å². The van der Waals surface area contributed by atoms with Crippen molar-refractivity contribution in [3.05, 3.63) is 64.5 Å². The third-order valence-electron chi connectivity index (χ3n) is 3.29. The predicted molar refractivity (Wildman–Crippen MR) is 85.8 cm³/mol. The third-order valence-corrected chi connectivity index (χ3v) is 3.78. The standard InChI is InChI=1S/C16H13BrFN3/c1-10-4-2-3-5-15(10)21-9-14(19)16(20-21)12-8-11(17)6-7-13(12)18/h2-9H,19H2,1H3. The number of anilines is 1. The van der Waals surface area contributed by atoms with E-state index in [-0.39, 0.29) is 5.82 Å². The van der Waals surface area contributed by atoms with E-state index in [1.165, 1.54) is 6.07 Å². The van der Waals surface area contributed by atoms with E-state index in [1.54, 1.807) is 23.0 Å². The van der Waals surface area contributed by atoms with Gasteiger partial charge in [0.25, 0.3) is 0 Å². The zero-order valence-electron chi connectivity index (χ0n) is 11.3. The van der Waals surface area contributed by atoms with Gasteiger partial charge in [0.2, 0.25) is 0 Å². The molecule has 1 heterocycles. The Morgan fingerprint density at radius 3 is 2.71 bits per heavy atom. The van der Waals surface area contributed by atoms with Crippen molar-refractivity contribution in [3.63, 3.8) is 0 Å². The first-order chi connectivity index (χ1) is 10.1. The number of halogens is 2. The van der Waals surface area contributed by atoms with Gasteiger partial charge >= 0.3 is 0 Å². The van der Waals surface area contributed by atoms with Gasteiger partial charge in [-0.15, -0.1) is 0 Å². The summed E-state index contributed by atoms with van der Waals surface area (Å²) in [6, 6.07) is 12.5. The molecule has 0 atom stereocenters. The van der Waals surface area contributed by atoms with Crippen molar-refractivity contribution in [2.75, 3.05) is 5.73 Å². The van der Waals surface area contributed by atoms with Crippen LogP contribution in [-0.2, 0) is 0 Å². The minimum atomic E-state index is -0.347. The first kappa shape index (κ1) is 13.8. The van der Waals surface area contributed by atoms with Crippen molar-refractivity contribution >= 4 is 21.6 Å². The molecular weight excluding hydrogens is 333 g/mol. The number of hydrogen-bond acceptors (Lipinski definition) is 2. The third kappa shape index (κ3) is 2.56. The molecule has 0 radical (unpaired) electrons. The number of nitrogen functional groups attached to an aromatic ring is 1. The van der Waals surface area contributed by atoms with Crippen LogP contribution >= 0.6 is 15.9 Å². The van der Waals surface area contributed by atoms with Crippen molar-refractivity contribution in [3.8, 4) is 16.9 Å². The number of nitrogens with two attached hydrogens (primary N) is 1.